The number of rotatable bonds is 39. The average molecular weight is 651 g/mol. The Morgan fingerprint density at radius 1 is 0.273 bits per heavy atom. The van der Waals surface area contributed by atoms with Crippen LogP contribution in [0.15, 0.2) is 0 Å². The van der Waals surface area contributed by atoms with Gasteiger partial charge in [-0.2, -0.15) is 0 Å². The van der Waals surface area contributed by atoms with Crippen LogP contribution < -0.4 is 0 Å². The van der Waals surface area contributed by atoms with Gasteiger partial charge in [0.1, 0.15) is 0 Å². The molecule has 0 saturated heterocycles. The van der Waals surface area contributed by atoms with Gasteiger partial charge in [-0.3, -0.25) is 0 Å². The molecule has 0 aliphatic rings. The lowest BCUT2D eigenvalue weighted by atomic mass is 10.0. The maximum atomic E-state index is 5.73. The molecule has 0 spiro atoms. The minimum absolute atomic E-state index is 0.552. The summed E-state index contributed by atoms with van der Waals surface area (Å²) in [5.41, 5.74) is 0. The van der Waals surface area contributed by atoms with Crippen molar-refractivity contribution in [1.82, 2.24) is 0 Å². The van der Waals surface area contributed by atoms with Crippen molar-refractivity contribution in [3.63, 3.8) is 0 Å². The molecule has 0 bridgehead atoms. The van der Waals surface area contributed by atoms with Gasteiger partial charge in [-0.1, -0.05) is 103 Å². The molecule has 0 aromatic carbocycles. The predicted octanol–water partition coefficient (Wildman–Crippen LogP) is 8.22. The Kier molecular flexibility index (Phi) is 37.3. The fraction of sp³-hybridized carbons (Fsp3) is 1.00. The molecular weight excluding hydrogens is 576 g/mol. The molecule has 9 heteroatoms. The van der Waals surface area contributed by atoms with E-state index in [-0.39, 0.29) is 0 Å². The molecule has 0 aliphatic carbocycles. The largest absolute Gasteiger partial charge is 0.415 e. The Bertz CT molecular complexity index is 521. The second-order valence-electron chi connectivity index (χ2n) is 12.6. The highest BCUT2D eigenvalue weighted by atomic mass is 28.4. The summed E-state index contributed by atoms with van der Waals surface area (Å²) in [6.45, 7) is 17.9. The van der Waals surface area contributed by atoms with Gasteiger partial charge < -0.3 is 37.6 Å². The Morgan fingerprint density at radius 2 is 0.500 bits per heavy atom. The summed E-state index contributed by atoms with van der Waals surface area (Å²) in [5.74, 6) is 0. The molecule has 0 unspecified atom stereocenters. The monoisotopic (exact) mass is 651 g/mol. The summed E-state index contributed by atoms with van der Waals surface area (Å²) < 4.78 is 44.5. The maximum absolute atomic E-state index is 5.73. The summed E-state index contributed by atoms with van der Waals surface area (Å²) in [7, 11) is -1.44. The van der Waals surface area contributed by atoms with Crippen LogP contribution >= 0.6 is 0 Å². The lowest BCUT2D eigenvalue weighted by Gasteiger charge is -2.16. The van der Waals surface area contributed by atoms with Gasteiger partial charge in [0.15, 0.2) is 8.32 Å². The van der Waals surface area contributed by atoms with Crippen LogP contribution in [0.25, 0.3) is 0 Å². The molecule has 0 aliphatic heterocycles. The van der Waals surface area contributed by atoms with Crippen molar-refractivity contribution in [2.24, 2.45) is 0 Å². The molecule has 0 saturated carbocycles. The number of hydrogen-bond donors (Lipinski definition) is 0. The molecule has 0 amide bonds. The van der Waals surface area contributed by atoms with Crippen LogP contribution in [-0.4, -0.2) is 107 Å². The highest BCUT2D eigenvalue weighted by molar-refractivity contribution is 6.69. The topological polar surface area (TPSA) is 73.8 Å². The molecule has 0 fully saturated rings. The van der Waals surface area contributed by atoms with Crippen molar-refractivity contribution in [3.05, 3.63) is 0 Å². The number of ether oxygens (including phenoxy) is 7. The first-order valence-corrected chi connectivity index (χ1v) is 21.6. The second kappa shape index (κ2) is 37.4. The van der Waals surface area contributed by atoms with Crippen LogP contribution in [0.5, 0.6) is 0 Å². The Hall–Kier alpha value is -0.103. The molecule has 0 atom stereocenters. The fourth-order valence-electron chi connectivity index (χ4n) is 4.58. The van der Waals surface area contributed by atoms with Crippen molar-refractivity contribution in [3.8, 4) is 0 Å². The van der Waals surface area contributed by atoms with Gasteiger partial charge >= 0.3 is 0 Å². The van der Waals surface area contributed by atoms with E-state index in [9.17, 15) is 0 Å². The van der Waals surface area contributed by atoms with E-state index in [2.05, 4.69) is 26.6 Å². The molecule has 0 radical (unpaired) electrons. The van der Waals surface area contributed by atoms with Crippen LogP contribution in [0.3, 0.4) is 0 Å². The lowest BCUT2D eigenvalue weighted by Crippen LogP contribution is -2.27. The van der Waals surface area contributed by atoms with Crippen LogP contribution in [0, 0.1) is 0 Å². The van der Waals surface area contributed by atoms with E-state index >= 15 is 0 Å². The smallest absolute Gasteiger partial charge is 0.183 e. The van der Waals surface area contributed by atoms with Crippen LogP contribution in [0.1, 0.15) is 110 Å². The number of unbranched alkanes of at least 4 members (excludes halogenated alkanes) is 15. The van der Waals surface area contributed by atoms with E-state index in [0.29, 0.717) is 92.5 Å². The molecule has 0 rings (SSSR count). The molecule has 0 heterocycles. The van der Waals surface area contributed by atoms with Crippen molar-refractivity contribution < 1.29 is 37.6 Å². The molecule has 266 valence electrons. The Balaban J connectivity index is 3.05. The lowest BCUT2D eigenvalue weighted by molar-refractivity contribution is -0.0213. The van der Waals surface area contributed by atoms with Gasteiger partial charge in [0.25, 0.3) is 0 Å². The maximum Gasteiger partial charge on any atom is 0.183 e. The average Bonchev–Trinajstić information content (AvgIpc) is 3.00. The zero-order valence-electron chi connectivity index (χ0n) is 29.7. The fourth-order valence-corrected chi connectivity index (χ4v) is 5.28. The zero-order chi connectivity index (χ0) is 32.1. The quantitative estimate of drug-likeness (QED) is 0.0487. The molecule has 44 heavy (non-hydrogen) atoms. The van der Waals surface area contributed by atoms with E-state index < -0.39 is 8.32 Å². The van der Waals surface area contributed by atoms with E-state index in [1.807, 2.05) is 0 Å². The van der Waals surface area contributed by atoms with Crippen molar-refractivity contribution in [2.45, 2.75) is 129 Å². The zero-order valence-corrected chi connectivity index (χ0v) is 30.7. The van der Waals surface area contributed by atoms with Crippen molar-refractivity contribution in [2.75, 3.05) is 99.1 Å². The van der Waals surface area contributed by atoms with Gasteiger partial charge in [0.2, 0.25) is 0 Å². The van der Waals surface area contributed by atoms with Crippen LogP contribution in [0.2, 0.25) is 19.6 Å². The Morgan fingerprint density at radius 3 is 0.773 bits per heavy atom. The van der Waals surface area contributed by atoms with Gasteiger partial charge in [0.05, 0.1) is 92.5 Å². The highest BCUT2D eigenvalue weighted by Crippen LogP contribution is 2.13. The third kappa shape index (κ3) is 41.9. The van der Waals surface area contributed by atoms with Gasteiger partial charge in [-0.15, -0.1) is 0 Å². The summed E-state index contributed by atoms with van der Waals surface area (Å²) in [5, 5.41) is 0. The first-order chi connectivity index (χ1) is 21.6. The molecule has 0 aromatic rings. The summed E-state index contributed by atoms with van der Waals surface area (Å²) in [6.07, 6.45) is 22.3. The molecule has 0 aromatic heterocycles. The summed E-state index contributed by atoms with van der Waals surface area (Å²) in [4.78, 5) is 0. The van der Waals surface area contributed by atoms with E-state index in [1.165, 1.54) is 96.3 Å². The SMILES string of the molecule is CCCCCCCCCCCCCCCCCCOCCOCCOCCOCCOCCOCCOCCO[Si](C)(C)C. The second-order valence-corrected chi connectivity index (χ2v) is 17.1. The van der Waals surface area contributed by atoms with E-state index in [4.69, 9.17) is 37.6 Å². The first-order valence-electron chi connectivity index (χ1n) is 18.2. The van der Waals surface area contributed by atoms with E-state index in [1.54, 1.807) is 0 Å². The Labute approximate surface area is 274 Å². The van der Waals surface area contributed by atoms with Crippen LogP contribution in [-0.2, 0) is 37.6 Å². The third-order valence-electron chi connectivity index (χ3n) is 7.14. The number of hydrogen-bond acceptors (Lipinski definition) is 8. The van der Waals surface area contributed by atoms with Gasteiger partial charge in [0, 0.05) is 6.61 Å². The van der Waals surface area contributed by atoms with Crippen molar-refractivity contribution >= 4 is 8.32 Å². The molecule has 8 nitrogen and oxygen atoms in total. The normalized spacial score (nSPS) is 12.0. The van der Waals surface area contributed by atoms with Gasteiger partial charge in [-0.05, 0) is 26.1 Å². The van der Waals surface area contributed by atoms with E-state index in [0.717, 1.165) is 13.0 Å². The minimum Gasteiger partial charge on any atom is -0.415 e. The van der Waals surface area contributed by atoms with Gasteiger partial charge in [-0.25, -0.2) is 0 Å². The third-order valence-corrected chi connectivity index (χ3v) is 8.21. The van der Waals surface area contributed by atoms with Crippen molar-refractivity contribution in [1.29, 1.82) is 0 Å². The predicted molar refractivity (Wildman–Crippen MR) is 185 cm³/mol. The summed E-state index contributed by atoms with van der Waals surface area (Å²) >= 11 is 0. The van der Waals surface area contributed by atoms with Crippen LogP contribution in [0.4, 0.5) is 0 Å². The summed E-state index contributed by atoms with van der Waals surface area (Å²) in [6, 6.07) is 0. The minimum atomic E-state index is -1.44. The molecular formula is C35H74O8Si. The highest BCUT2D eigenvalue weighted by Gasteiger charge is 2.13. The first kappa shape index (κ1) is 43.9. The standard InChI is InChI=1S/C35H74O8Si/c1-5-6-7-8-9-10-11-12-13-14-15-16-17-18-19-20-21-36-22-23-37-24-25-38-26-27-39-28-29-40-30-31-41-32-33-42-34-35-43-44(2,3)4/h5-35H2,1-4H3. The molecule has 0 N–H and O–H groups in total.